The molecule has 0 radical (unpaired) electrons. The van der Waals surface area contributed by atoms with Crippen LogP contribution in [0.2, 0.25) is 10.0 Å². The summed E-state index contributed by atoms with van der Waals surface area (Å²) in [4.78, 5) is 44.5. The van der Waals surface area contributed by atoms with E-state index in [1.165, 1.54) is 16.1 Å². The fourth-order valence-electron chi connectivity index (χ4n) is 2.87. The van der Waals surface area contributed by atoms with Gasteiger partial charge in [-0.1, -0.05) is 35.3 Å². The smallest absolute Gasteiger partial charge is 0.253 e. The third-order valence-electron chi connectivity index (χ3n) is 4.43. The van der Waals surface area contributed by atoms with E-state index in [0.29, 0.717) is 26.9 Å². The van der Waals surface area contributed by atoms with Crippen LogP contribution in [0.25, 0.3) is 0 Å². The maximum atomic E-state index is 13.1. The summed E-state index contributed by atoms with van der Waals surface area (Å²) in [6.45, 7) is 0.124. The van der Waals surface area contributed by atoms with E-state index in [4.69, 9.17) is 23.2 Å². The van der Waals surface area contributed by atoms with Crippen molar-refractivity contribution in [3.63, 3.8) is 0 Å². The van der Waals surface area contributed by atoms with Crippen LogP contribution in [0.1, 0.15) is 33.0 Å². The number of aromatic nitrogens is 3. The average Bonchev–Trinajstić information content (AvgIpc) is 3.29. The number of anilines is 1. The van der Waals surface area contributed by atoms with E-state index in [1.807, 2.05) is 0 Å². The van der Waals surface area contributed by atoms with E-state index in [2.05, 4.69) is 15.2 Å². The molecule has 3 aromatic rings. The summed E-state index contributed by atoms with van der Waals surface area (Å²) < 4.78 is 0. The lowest BCUT2D eigenvalue weighted by Gasteiger charge is -2.24. The van der Waals surface area contributed by atoms with Crippen LogP contribution in [0.4, 0.5) is 5.69 Å². The van der Waals surface area contributed by atoms with Crippen molar-refractivity contribution in [2.75, 3.05) is 19.0 Å². The molecule has 0 aliphatic carbocycles. The Hall–Kier alpha value is -3.23. The number of hydrogen-bond donors (Lipinski definition) is 1. The Morgan fingerprint density at radius 1 is 1.03 bits per heavy atom. The van der Waals surface area contributed by atoms with Crippen molar-refractivity contribution in [2.45, 2.75) is 13.0 Å². The van der Waals surface area contributed by atoms with Crippen molar-refractivity contribution in [3.8, 4) is 0 Å². The molecule has 0 atom stereocenters. The second-order valence-electron chi connectivity index (χ2n) is 6.91. The lowest BCUT2D eigenvalue weighted by atomic mass is 10.1. The summed E-state index contributed by atoms with van der Waals surface area (Å²) in [6.07, 6.45) is 0.768. The van der Waals surface area contributed by atoms with Gasteiger partial charge < -0.3 is 9.80 Å². The predicted molar refractivity (Wildman–Crippen MR) is 117 cm³/mol. The first-order valence-corrected chi connectivity index (χ1v) is 9.96. The highest BCUT2D eigenvalue weighted by Gasteiger charge is 2.23. The maximum absolute atomic E-state index is 13.1. The molecule has 1 N–H and O–H groups in total. The van der Waals surface area contributed by atoms with Crippen LogP contribution in [0, 0.1) is 0 Å². The number of Topliss-reactive ketones (excluding diaryl/α,β-unsaturated/α-hetero) is 1. The van der Waals surface area contributed by atoms with Crippen molar-refractivity contribution in [3.05, 3.63) is 75.8 Å². The summed E-state index contributed by atoms with van der Waals surface area (Å²) in [5.74, 6) is -1.18. The first kappa shape index (κ1) is 22.5. The van der Waals surface area contributed by atoms with E-state index in [0.717, 1.165) is 0 Å². The number of halogens is 2. The predicted octanol–water partition coefficient (Wildman–Crippen LogP) is 3.62. The normalized spacial score (nSPS) is 10.6. The van der Waals surface area contributed by atoms with Crippen LogP contribution in [0.3, 0.4) is 0 Å². The quantitative estimate of drug-likeness (QED) is 0.429. The van der Waals surface area contributed by atoms with E-state index in [1.54, 1.807) is 56.6 Å². The minimum absolute atomic E-state index is 0.000580. The number of nitrogens with one attached hydrogen (secondary N) is 1. The van der Waals surface area contributed by atoms with Gasteiger partial charge in [0.25, 0.3) is 5.91 Å². The van der Waals surface area contributed by atoms with Gasteiger partial charge in [0, 0.05) is 25.3 Å². The van der Waals surface area contributed by atoms with Gasteiger partial charge in [0.2, 0.25) is 11.7 Å². The van der Waals surface area contributed by atoms with Crippen LogP contribution in [0.15, 0.2) is 48.8 Å². The molecule has 8 nitrogen and oxygen atoms in total. The Balaban J connectivity index is 1.94. The lowest BCUT2D eigenvalue weighted by molar-refractivity contribution is -0.117. The lowest BCUT2D eigenvalue weighted by Crippen LogP contribution is -2.32. The summed E-state index contributed by atoms with van der Waals surface area (Å²) in [5, 5.41) is 6.83. The number of benzene rings is 2. The number of aromatic amines is 1. The van der Waals surface area contributed by atoms with Crippen molar-refractivity contribution >= 4 is 46.5 Å². The molecule has 31 heavy (non-hydrogen) atoms. The Morgan fingerprint density at radius 2 is 1.81 bits per heavy atom. The van der Waals surface area contributed by atoms with Gasteiger partial charge in [-0.25, -0.2) is 4.98 Å². The number of amides is 2. The van der Waals surface area contributed by atoms with Crippen LogP contribution in [-0.2, 0) is 11.3 Å². The van der Waals surface area contributed by atoms with Crippen molar-refractivity contribution in [1.82, 2.24) is 20.1 Å². The second kappa shape index (κ2) is 9.72. The Kier molecular flexibility index (Phi) is 7.04. The molecule has 0 saturated heterocycles. The number of carbonyl (C=O) groups is 3. The molecule has 1 aromatic heterocycles. The fourth-order valence-corrected chi connectivity index (χ4v) is 3.19. The zero-order valence-corrected chi connectivity index (χ0v) is 18.3. The number of rotatable bonds is 7. The minimum Gasteiger partial charge on any atom is -0.345 e. The topological polar surface area (TPSA) is 99.3 Å². The van der Waals surface area contributed by atoms with Crippen molar-refractivity contribution in [1.29, 1.82) is 0 Å². The van der Waals surface area contributed by atoms with Gasteiger partial charge in [-0.2, -0.15) is 5.10 Å². The van der Waals surface area contributed by atoms with Crippen LogP contribution < -0.4 is 4.90 Å². The van der Waals surface area contributed by atoms with Crippen LogP contribution in [-0.4, -0.2) is 51.8 Å². The van der Waals surface area contributed by atoms with Gasteiger partial charge in [0.05, 0.1) is 23.0 Å². The van der Waals surface area contributed by atoms with Gasteiger partial charge >= 0.3 is 0 Å². The number of H-pyrrole nitrogens is 1. The van der Waals surface area contributed by atoms with Gasteiger partial charge in [0.1, 0.15) is 6.33 Å². The number of nitrogens with zero attached hydrogens (tertiary/aromatic N) is 4. The summed E-state index contributed by atoms with van der Waals surface area (Å²) in [7, 11) is 3.29. The van der Waals surface area contributed by atoms with Gasteiger partial charge in [-0.3, -0.25) is 19.5 Å². The number of ketones is 1. The molecule has 0 aliphatic heterocycles. The highest BCUT2D eigenvalue weighted by Crippen LogP contribution is 2.26. The molecule has 0 saturated carbocycles. The minimum atomic E-state index is -0.498. The molecule has 0 bridgehead atoms. The number of carbonyl (C=O) groups excluding carboxylic acids is 3. The Bertz CT molecular complexity index is 1120. The van der Waals surface area contributed by atoms with Crippen LogP contribution in [0.5, 0.6) is 0 Å². The van der Waals surface area contributed by atoms with Crippen molar-refractivity contribution in [2.24, 2.45) is 0 Å². The van der Waals surface area contributed by atoms with Gasteiger partial charge in [-0.15, -0.1) is 0 Å². The number of hydrogen-bond acceptors (Lipinski definition) is 5. The molecule has 3 rings (SSSR count). The summed E-state index contributed by atoms with van der Waals surface area (Å²) in [5.41, 5.74) is 1.59. The van der Waals surface area contributed by atoms with E-state index >= 15 is 0 Å². The molecule has 0 spiro atoms. The SMILES string of the molecule is CN(C)C(=O)c1cccc(N(Cc2ccc(Cl)c(Cl)c2)C(=O)CC(=O)c2ncn[nH]2)c1. The average molecular weight is 460 g/mol. The van der Waals surface area contributed by atoms with E-state index < -0.39 is 18.1 Å². The van der Waals surface area contributed by atoms with E-state index in [-0.39, 0.29) is 18.3 Å². The maximum Gasteiger partial charge on any atom is 0.253 e. The third kappa shape index (κ3) is 5.48. The highest BCUT2D eigenvalue weighted by molar-refractivity contribution is 6.42. The molecule has 0 unspecified atom stereocenters. The standard InChI is InChI=1S/C21H19Cl2N5O3/c1-27(2)21(31)14-4-3-5-15(9-14)28(11-13-6-7-16(22)17(23)8-13)19(30)10-18(29)20-24-12-25-26-20/h3-9,12H,10-11H2,1-2H3,(H,24,25,26). The van der Waals surface area contributed by atoms with Crippen LogP contribution >= 0.6 is 23.2 Å². The monoisotopic (exact) mass is 459 g/mol. The molecule has 0 fully saturated rings. The molecular weight excluding hydrogens is 441 g/mol. The largest absolute Gasteiger partial charge is 0.345 e. The first-order chi connectivity index (χ1) is 14.8. The molecule has 2 amide bonds. The summed E-state index contributed by atoms with van der Waals surface area (Å²) >= 11 is 12.1. The molecule has 0 aliphatic rings. The Morgan fingerprint density at radius 3 is 2.45 bits per heavy atom. The van der Waals surface area contributed by atoms with Gasteiger partial charge in [0.15, 0.2) is 5.82 Å². The fraction of sp³-hybridized carbons (Fsp3) is 0.190. The zero-order chi connectivity index (χ0) is 22.5. The Labute approximate surface area is 188 Å². The van der Waals surface area contributed by atoms with Gasteiger partial charge in [-0.05, 0) is 35.9 Å². The first-order valence-electron chi connectivity index (χ1n) is 9.21. The molecule has 160 valence electrons. The molecule has 2 aromatic carbocycles. The molecule has 10 heteroatoms. The zero-order valence-electron chi connectivity index (χ0n) is 16.8. The summed E-state index contributed by atoms with van der Waals surface area (Å²) in [6, 6.07) is 11.7. The molecular formula is C21H19Cl2N5O3. The van der Waals surface area contributed by atoms with Crippen molar-refractivity contribution < 1.29 is 14.4 Å². The van der Waals surface area contributed by atoms with E-state index in [9.17, 15) is 14.4 Å². The molecule has 1 heterocycles. The third-order valence-corrected chi connectivity index (χ3v) is 5.17. The second-order valence-corrected chi connectivity index (χ2v) is 7.73. The highest BCUT2D eigenvalue weighted by atomic mass is 35.5.